The Morgan fingerprint density at radius 1 is 0.254 bits per heavy atom. The highest BCUT2D eigenvalue weighted by molar-refractivity contribution is 6.26. The molecule has 0 amide bonds. The van der Waals surface area contributed by atoms with Crippen LogP contribution < -0.4 is 4.90 Å². The zero-order valence-corrected chi connectivity index (χ0v) is 39.6. The van der Waals surface area contributed by atoms with Gasteiger partial charge in [-0.3, -0.25) is 0 Å². The average Bonchev–Trinajstić information content (AvgIpc) is 3.99. The van der Waals surface area contributed by atoms with E-state index < -0.39 is 5.41 Å². The van der Waals surface area contributed by atoms with E-state index in [9.17, 15) is 0 Å². The summed E-state index contributed by atoms with van der Waals surface area (Å²) in [4.78, 5) is 2.60. The van der Waals surface area contributed by atoms with Crippen LogP contribution in [0.25, 0.3) is 88.0 Å². The number of hydrogen-bond donors (Lipinski definition) is 0. The van der Waals surface area contributed by atoms with E-state index in [-0.39, 0.29) is 5.41 Å². The van der Waals surface area contributed by atoms with Crippen molar-refractivity contribution in [1.29, 1.82) is 0 Å². The van der Waals surface area contributed by atoms with Crippen LogP contribution in [0.3, 0.4) is 0 Å². The lowest BCUT2D eigenvalue weighted by atomic mass is 9.70. The minimum absolute atomic E-state index is 0.132. The molecule has 0 heterocycles. The molecule has 15 rings (SSSR count). The maximum atomic E-state index is 2.60. The first-order chi connectivity index (χ1) is 35.0. The summed E-state index contributed by atoms with van der Waals surface area (Å²) in [6.07, 6.45) is 0. The first kappa shape index (κ1) is 40.1. The molecule has 332 valence electrons. The van der Waals surface area contributed by atoms with E-state index >= 15 is 0 Å². The number of rotatable bonds is 5. The first-order valence-corrected chi connectivity index (χ1v) is 25.0. The van der Waals surface area contributed by atoms with Crippen LogP contribution in [0.1, 0.15) is 47.2 Å². The Labute approximate surface area is 414 Å². The summed E-state index contributed by atoms with van der Waals surface area (Å²) in [5.74, 6) is 0. The summed E-state index contributed by atoms with van der Waals surface area (Å²) < 4.78 is 0. The normalized spacial score (nSPS) is 14.0. The van der Waals surface area contributed by atoms with Crippen LogP contribution in [0, 0.1) is 0 Å². The summed E-state index contributed by atoms with van der Waals surface area (Å²) in [6, 6.07) is 94.0. The maximum Gasteiger partial charge on any atom is 0.0726 e. The van der Waals surface area contributed by atoms with Gasteiger partial charge in [-0.1, -0.05) is 226 Å². The van der Waals surface area contributed by atoms with Gasteiger partial charge in [-0.2, -0.15) is 0 Å². The van der Waals surface area contributed by atoms with E-state index in [1.807, 2.05) is 0 Å². The summed E-state index contributed by atoms with van der Waals surface area (Å²) in [5, 5.41) is 7.56. The highest BCUT2D eigenvalue weighted by atomic mass is 15.1. The zero-order chi connectivity index (χ0) is 47.0. The van der Waals surface area contributed by atoms with E-state index in [1.54, 1.807) is 0 Å². The fourth-order valence-corrected chi connectivity index (χ4v) is 13.4. The van der Waals surface area contributed by atoms with Crippen molar-refractivity contribution >= 4 is 49.4 Å². The summed E-state index contributed by atoms with van der Waals surface area (Å²) in [5.41, 5.74) is 23.3. The van der Waals surface area contributed by atoms with Gasteiger partial charge in [-0.25, -0.2) is 0 Å². The molecule has 1 nitrogen and oxygen atoms in total. The Kier molecular flexibility index (Phi) is 8.40. The van der Waals surface area contributed by atoms with Crippen LogP contribution in [-0.2, 0) is 10.8 Å². The van der Waals surface area contributed by atoms with Gasteiger partial charge in [-0.05, 0) is 152 Å². The molecular weight excluding hydrogens is 855 g/mol. The van der Waals surface area contributed by atoms with E-state index in [1.165, 1.54) is 121 Å². The van der Waals surface area contributed by atoms with Crippen molar-refractivity contribution in [3.05, 3.63) is 282 Å². The van der Waals surface area contributed by atoms with Gasteiger partial charge < -0.3 is 4.90 Å². The van der Waals surface area contributed by atoms with Crippen LogP contribution in [0.15, 0.2) is 249 Å². The Bertz CT molecular complexity index is 4130. The van der Waals surface area contributed by atoms with Gasteiger partial charge in [0.25, 0.3) is 0 Å². The molecule has 12 aromatic carbocycles. The van der Waals surface area contributed by atoms with Gasteiger partial charge in [-0.15, -0.1) is 0 Å². The van der Waals surface area contributed by atoms with Crippen molar-refractivity contribution < 1.29 is 0 Å². The van der Waals surface area contributed by atoms with Crippen molar-refractivity contribution in [2.75, 3.05) is 4.90 Å². The molecule has 0 bridgehead atoms. The van der Waals surface area contributed by atoms with Crippen molar-refractivity contribution in [1.82, 2.24) is 0 Å². The molecule has 0 unspecified atom stereocenters. The highest BCUT2D eigenvalue weighted by Crippen LogP contribution is 2.64. The van der Waals surface area contributed by atoms with Gasteiger partial charge in [0.05, 0.1) is 11.1 Å². The molecule has 0 atom stereocenters. The van der Waals surface area contributed by atoms with E-state index in [4.69, 9.17) is 0 Å². The largest absolute Gasteiger partial charge is 0.310 e. The second kappa shape index (κ2) is 14.9. The zero-order valence-electron chi connectivity index (χ0n) is 39.6. The first-order valence-electron chi connectivity index (χ1n) is 25.0. The Morgan fingerprint density at radius 3 is 1.27 bits per heavy atom. The topological polar surface area (TPSA) is 3.24 Å². The number of fused-ring (bicyclic) bond motifs is 19. The maximum absolute atomic E-state index is 2.60. The fourth-order valence-electron chi connectivity index (χ4n) is 13.4. The molecule has 0 aromatic heterocycles. The monoisotopic (exact) mass is 901 g/mol. The molecule has 0 saturated heterocycles. The van der Waals surface area contributed by atoms with E-state index in [0.29, 0.717) is 0 Å². The molecule has 3 aliphatic rings. The molecular formula is C70H47N. The SMILES string of the molecule is CC1(C)c2ccccc2-c2cc(N(c3ccc4c5ccccc5c5ccccc5c4c3)c3cc4c(cc3-c3ccccc3-c3ccccc3)-c3ccccc3C43c4ccccc4-c4ccccc43)ccc21. The molecule has 12 aromatic rings. The van der Waals surface area contributed by atoms with Crippen molar-refractivity contribution in [2.45, 2.75) is 24.7 Å². The van der Waals surface area contributed by atoms with Gasteiger partial charge in [0, 0.05) is 22.4 Å². The lowest BCUT2D eigenvalue weighted by Gasteiger charge is -2.34. The molecule has 0 N–H and O–H groups in total. The molecule has 1 spiro atoms. The quantitative estimate of drug-likeness (QED) is 0.156. The van der Waals surface area contributed by atoms with Crippen molar-refractivity contribution in [3.8, 4) is 55.6 Å². The third kappa shape index (κ3) is 5.46. The summed E-state index contributed by atoms with van der Waals surface area (Å²) in [7, 11) is 0. The molecule has 0 radical (unpaired) electrons. The molecule has 0 aliphatic heterocycles. The number of benzene rings is 12. The third-order valence-electron chi connectivity index (χ3n) is 16.5. The average molecular weight is 902 g/mol. The van der Waals surface area contributed by atoms with Gasteiger partial charge in [0.2, 0.25) is 0 Å². The lowest BCUT2D eigenvalue weighted by molar-refractivity contribution is 0.660. The number of anilines is 3. The standard InChI is InChI=1S/C70H47N/c1-69(2)62-32-16-12-30-56(62)59-41-46(37-39-63(59)69)71(45-36-38-53-51-26-9-8-24-49(51)50-25-10-11-27-52(50)58(53)40-45)68-43-67-60(42-61(68)48-23-7-6-22-47(48)44-20-4-3-5-21-44)57-31-15-19-35-66(57)70(67)64-33-17-13-28-54(64)55-29-14-18-34-65(55)70/h3-43H,1-2H3. The Morgan fingerprint density at radius 2 is 0.662 bits per heavy atom. The van der Waals surface area contributed by atoms with Crippen LogP contribution in [0.2, 0.25) is 0 Å². The minimum Gasteiger partial charge on any atom is -0.310 e. The summed E-state index contributed by atoms with van der Waals surface area (Å²) >= 11 is 0. The third-order valence-corrected chi connectivity index (χ3v) is 16.5. The Balaban J connectivity index is 1.10. The molecule has 1 heteroatoms. The Hall–Kier alpha value is -8.78. The molecule has 0 fully saturated rings. The van der Waals surface area contributed by atoms with Gasteiger partial charge in [0.15, 0.2) is 0 Å². The van der Waals surface area contributed by atoms with E-state index in [0.717, 1.165) is 17.1 Å². The molecule has 71 heavy (non-hydrogen) atoms. The van der Waals surface area contributed by atoms with Crippen LogP contribution >= 0.6 is 0 Å². The fraction of sp³-hybridized carbons (Fsp3) is 0.0571. The summed E-state index contributed by atoms with van der Waals surface area (Å²) in [6.45, 7) is 4.75. The molecule has 3 aliphatic carbocycles. The molecule has 0 saturated carbocycles. The second-order valence-corrected chi connectivity index (χ2v) is 20.3. The number of hydrogen-bond acceptors (Lipinski definition) is 1. The predicted molar refractivity (Wildman–Crippen MR) is 298 cm³/mol. The van der Waals surface area contributed by atoms with Crippen LogP contribution in [0.4, 0.5) is 17.1 Å². The number of nitrogens with zero attached hydrogens (tertiary/aromatic N) is 1. The predicted octanol–water partition coefficient (Wildman–Crippen LogP) is 18.6. The van der Waals surface area contributed by atoms with Gasteiger partial charge in [0.1, 0.15) is 0 Å². The lowest BCUT2D eigenvalue weighted by Crippen LogP contribution is -2.26. The van der Waals surface area contributed by atoms with Crippen LogP contribution in [-0.4, -0.2) is 0 Å². The van der Waals surface area contributed by atoms with Gasteiger partial charge >= 0.3 is 0 Å². The van der Waals surface area contributed by atoms with Crippen molar-refractivity contribution in [3.63, 3.8) is 0 Å². The minimum atomic E-state index is -0.531. The van der Waals surface area contributed by atoms with Crippen molar-refractivity contribution in [2.24, 2.45) is 0 Å². The van der Waals surface area contributed by atoms with E-state index in [2.05, 4.69) is 267 Å². The van der Waals surface area contributed by atoms with Crippen LogP contribution in [0.5, 0.6) is 0 Å². The second-order valence-electron chi connectivity index (χ2n) is 20.3. The smallest absolute Gasteiger partial charge is 0.0726 e. The highest BCUT2D eigenvalue weighted by Gasteiger charge is 2.52.